The molecule has 1 rings (SSSR count). The van der Waals surface area contributed by atoms with E-state index in [2.05, 4.69) is 10.1 Å². The SMILES string of the molecule is O=C(O)CNC(=O)Nc1ccc(OC(F)(F)F)cc1. The van der Waals surface area contributed by atoms with Gasteiger partial charge < -0.3 is 20.5 Å². The summed E-state index contributed by atoms with van der Waals surface area (Å²) in [5, 5.41) is 12.6. The lowest BCUT2D eigenvalue weighted by Crippen LogP contribution is -2.33. The van der Waals surface area contributed by atoms with Crippen LogP contribution in [0.2, 0.25) is 0 Å². The first-order chi connectivity index (χ1) is 8.76. The predicted octanol–water partition coefficient (Wildman–Crippen LogP) is 1.79. The molecule has 0 heterocycles. The molecule has 0 fully saturated rings. The van der Waals surface area contributed by atoms with Gasteiger partial charge in [0.1, 0.15) is 12.3 Å². The fraction of sp³-hybridized carbons (Fsp3) is 0.200. The van der Waals surface area contributed by atoms with Gasteiger partial charge in [-0.15, -0.1) is 13.2 Å². The predicted molar refractivity (Wildman–Crippen MR) is 57.8 cm³/mol. The van der Waals surface area contributed by atoms with Crippen LogP contribution in [0.5, 0.6) is 5.75 Å². The van der Waals surface area contributed by atoms with Gasteiger partial charge >= 0.3 is 18.4 Å². The summed E-state index contributed by atoms with van der Waals surface area (Å²) in [6.07, 6.45) is -4.78. The Morgan fingerprint density at radius 3 is 2.26 bits per heavy atom. The fourth-order valence-corrected chi connectivity index (χ4v) is 1.07. The number of ether oxygens (including phenoxy) is 1. The van der Waals surface area contributed by atoms with Crippen LogP contribution in [0.4, 0.5) is 23.7 Å². The van der Waals surface area contributed by atoms with Crippen molar-refractivity contribution in [2.75, 3.05) is 11.9 Å². The standard InChI is InChI=1S/C10H9F3N2O4/c11-10(12,13)19-7-3-1-6(2-4-7)15-9(18)14-5-8(16)17/h1-4H,5H2,(H,16,17)(H2,14,15,18). The Balaban J connectivity index is 2.52. The van der Waals surface area contributed by atoms with Crippen LogP contribution in [0.3, 0.4) is 0 Å². The van der Waals surface area contributed by atoms with E-state index in [-0.39, 0.29) is 5.69 Å². The number of nitrogens with one attached hydrogen (secondary N) is 2. The molecule has 0 aliphatic heterocycles. The first kappa shape index (κ1) is 14.6. The highest BCUT2D eigenvalue weighted by molar-refractivity contribution is 5.91. The zero-order valence-electron chi connectivity index (χ0n) is 9.32. The molecule has 0 saturated carbocycles. The normalized spacial score (nSPS) is 10.7. The number of carbonyl (C=O) groups excluding carboxylic acids is 1. The number of hydrogen-bond donors (Lipinski definition) is 3. The van der Waals surface area contributed by atoms with E-state index in [1.54, 1.807) is 0 Å². The van der Waals surface area contributed by atoms with Gasteiger partial charge in [-0.2, -0.15) is 0 Å². The second kappa shape index (κ2) is 5.94. The van der Waals surface area contributed by atoms with Crippen molar-refractivity contribution in [2.24, 2.45) is 0 Å². The van der Waals surface area contributed by atoms with Crippen molar-refractivity contribution in [3.63, 3.8) is 0 Å². The van der Waals surface area contributed by atoms with Crippen molar-refractivity contribution in [3.05, 3.63) is 24.3 Å². The van der Waals surface area contributed by atoms with Crippen LogP contribution in [-0.4, -0.2) is 30.0 Å². The van der Waals surface area contributed by atoms with Crippen LogP contribution in [0.15, 0.2) is 24.3 Å². The van der Waals surface area contributed by atoms with E-state index in [1.807, 2.05) is 5.32 Å². The molecule has 0 aliphatic rings. The molecule has 0 atom stereocenters. The second-order valence-corrected chi connectivity index (χ2v) is 3.27. The molecule has 1 aromatic rings. The Bertz CT molecular complexity index is 459. The number of carbonyl (C=O) groups is 2. The molecule has 0 unspecified atom stereocenters. The molecule has 6 nitrogen and oxygen atoms in total. The van der Waals surface area contributed by atoms with Crippen LogP contribution in [0, 0.1) is 0 Å². The molecule has 0 saturated heterocycles. The number of anilines is 1. The number of halogens is 3. The highest BCUT2D eigenvalue weighted by Gasteiger charge is 2.30. The molecule has 0 radical (unpaired) electrons. The van der Waals surface area contributed by atoms with Crippen molar-refractivity contribution in [3.8, 4) is 5.75 Å². The number of alkyl halides is 3. The molecule has 2 amide bonds. The summed E-state index contributed by atoms with van der Waals surface area (Å²) in [7, 11) is 0. The van der Waals surface area contributed by atoms with Crippen molar-refractivity contribution < 1.29 is 32.6 Å². The van der Waals surface area contributed by atoms with Gasteiger partial charge in [-0.05, 0) is 24.3 Å². The molecule has 0 bridgehead atoms. The number of aliphatic carboxylic acids is 1. The molecule has 104 valence electrons. The van der Waals surface area contributed by atoms with E-state index < -0.39 is 30.7 Å². The maximum Gasteiger partial charge on any atom is 0.573 e. The lowest BCUT2D eigenvalue weighted by Gasteiger charge is -2.10. The molecule has 0 aromatic heterocycles. The number of rotatable bonds is 4. The Labute approximate surface area is 105 Å². The van der Waals surface area contributed by atoms with E-state index in [1.165, 1.54) is 12.1 Å². The van der Waals surface area contributed by atoms with Crippen LogP contribution in [-0.2, 0) is 4.79 Å². The lowest BCUT2D eigenvalue weighted by molar-refractivity contribution is -0.274. The first-order valence-corrected chi connectivity index (χ1v) is 4.89. The van der Waals surface area contributed by atoms with E-state index in [4.69, 9.17) is 5.11 Å². The molecule has 19 heavy (non-hydrogen) atoms. The van der Waals surface area contributed by atoms with Gasteiger partial charge in [0, 0.05) is 5.69 Å². The van der Waals surface area contributed by atoms with E-state index in [0.717, 1.165) is 12.1 Å². The van der Waals surface area contributed by atoms with Crippen LogP contribution < -0.4 is 15.4 Å². The summed E-state index contributed by atoms with van der Waals surface area (Å²) < 4.78 is 39.2. The van der Waals surface area contributed by atoms with Gasteiger partial charge in [-0.1, -0.05) is 0 Å². The third-order valence-electron chi connectivity index (χ3n) is 1.75. The maximum atomic E-state index is 11.9. The summed E-state index contributed by atoms with van der Waals surface area (Å²) in [6.45, 7) is -0.568. The molecule has 9 heteroatoms. The molecule has 1 aromatic carbocycles. The third kappa shape index (κ3) is 6.15. The quantitative estimate of drug-likeness (QED) is 0.783. The highest BCUT2D eigenvalue weighted by Crippen LogP contribution is 2.23. The fourth-order valence-electron chi connectivity index (χ4n) is 1.07. The second-order valence-electron chi connectivity index (χ2n) is 3.27. The summed E-state index contributed by atoms with van der Waals surface area (Å²) in [4.78, 5) is 21.3. The van der Waals surface area contributed by atoms with Gasteiger partial charge in [-0.3, -0.25) is 4.79 Å². The minimum atomic E-state index is -4.78. The average molecular weight is 278 g/mol. The van der Waals surface area contributed by atoms with E-state index >= 15 is 0 Å². The van der Waals surface area contributed by atoms with E-state index in [9.17, 15) is 22.8 Å². The number of carboxylic acids is 1. The summed E-state index contributed by atoms with van der Waals surface area (Å²) in [6, 6.07) is 3.61. The third-order valence-corrected chi connectivity index (χ3v) is 1.75. The maximum absolute atomic E-state index is 11.9. The van der Waals surface area contributed by atoms with Gasteiger partial charge in [0.15, 0.2) is 0 Å². The number of urea groups is 1. The van der Waals surface area contributed by atoms with E-state index in [0.29, 0.717) is 0 Å². The number of amides is 2. The zero-order valence-corrected chi connectivity index (χ0v) is 9.32. The molecule has 0 spiro atoms. The molecule has 0 aliphatic carbocycles. The monoisotopic (exact) mass is 278 g/mol. The van der Waals surface area contributed by atoms with Gasteiger partial charge in [-0.25, -0.2) is 4.79 Å². The van der Waals surface area contributed by atoms with Crippen LogP contribution in [0.1, 0.15) is 0 Å². The molecule has 3 N–H and O–H groups in total. The highest BCUT2D eigenvalue weighted by atomic mass is 19.4. The van der Waals surface area contributed by atoms with Crippen molar-refractivity contribution in [2.45, 2.75) is 6.36 Å². The van der Waals surface area contributed by atoms with Gasteiger partial charge in [0.05, 0.1) is 0 Å². The zero-order chi connectivity index (χ0) is 14.5. The largest absolute Gasteiger partial charge is 0.573 e. The number of carboxylic acid groups (broad SMARTS) is 1. The molecular formula is C10H9F3N2O4. The Kier molecular flexibility index (Phi) is 4.56. The van der Waals surface area contributed by atoms with Gasteiger partial charge in [0.2, 0.25) is 0 Å². The topological polar surface area (TPSA) is 87.7 Å². The van der Waals surface area contributed by atoms with Crippen molar-refractivity contribution in [1.82, 2.24) is 5.32 Å². The number of hydrogen-bond acceptors (Lipinski definition) is 3. The van der Waals surface area contributed by atoms with Crippen molar-refractivity contribution in [1.29, 1.82) is 0 Å². The Hall–Kier alpha value is -2.45. The summed E-state index contributed by atoms with van der Waals surface area (Å²) in [5.41, 5.74) is 0.192. The van der Waals surface area contributed by atoms with Gasteiger partial charge in [0.25, 0.3) is 0 Å². The van der Waals surface area contributed by atoms with Crippen molar-refractivity contribution >= 4 is 17.7 Å². The smallest absolute Gasteiger partial charge is 0.480 e. The Morgan fingerprint density at radius 1 is 1.21 bits per heavy atom. The average Bonchev–Trinajstić information content (AvgIpc) is 2.27. The lowest BCUT2D eigenvalue weighted by atomic mass is 10.3. The van der Waals surface area contributed by atoms with Crippen LogP contribution in [0.25, 0.3) is 0 Å². The first-order valence-electron chi connectivity index (χ1n) is 4.89. The minimum absolute atomic E-state index is 0.192. The summed E-state index contributed by atoms with van der Waals surface area (Å²) >= 11 is 0. The minimum Gasteiger partial charge on any atom is -0.480 e. The number of benzene rings is 1. The van der Waals surface area contributed by atoms with Crippen LogP contribution >= 0.6 is 0 Å². The summed E-state index contributed by atoms with van der Waals surface area (Å²) in [5.74, 6) is -1.65. The molecular weight excluding hydrogens is 269 g/mol. The Morgan fingerprint density at radius 2 is 1.79 bits per heavy atom.